The summed E-state index contributed by atoms with van der Waals surface area (Å²) in [4.78, 5) is 24.6. The van der Waals surface area contributed by atoms with Crippen molar-refractivity contribution < 1.29 is 14.3 Å². The number of benzene rings is 2. The topological polar surface area (TPSA) is 79.5 Å². The van der Waals surface area contributed by atoms with Crippen LogP contribution in [0.1, 0.15) is 28.9 Å². The first-order valence-corrected chi connectivity index (χ1v) is 9.21. The molecule has 3 rings (SSSR count). The molecule has 8 heteroatoms. The number of allylic oxidation sites excluding steroid dienone is 1. The van der Waals surface area contributed by atoms with E-state index in [1.807, 2.05) is 0 Å². The van der Waals surface area contributed by atoms with Crippen LogP contribution in [0.15, 0.2) is 59.8 Å². The van der Waals surface area contributed by atoms with Crippen molar-refractivity contribution >= 4 is 46.5 Å². The van der Waals surface area contributed by atoms with Crippen molar-refractivity contribution in [2.75, 3.05) is 12.4 Å². The Balaban J connectivity index is 1.90. The minimum atomic E-state index is -0.465. The number of anilines is 1. The van der Waals surface area contributed by atoms with Gasteiger partial charge in [-0.25, -0.2) is 4.79 Å². The van der Waals surface area contributed by atoms with Gasteiger partial charge < -0.3 is 20.7 Å². The molecule has 1 unspecified atom stereocenters. The molecule has 1 aliphatic heterocycles. The number of hydrogen-bond donors (Lipinski definition) is 3. The lowest BCUT2D eigenvalue weighted by Gasteiger charge is -2.30. The number of carbonyl (C=O) groups excluding carboxylic acids is 2. The van der Waals surface area contributed by atoms with Crippen molar-refractivity contribution in [1.82, 2.24) is 10.6 Å². The third kappa shape index (κ3) is 4.32. The maximum absolute atomic E-state index is 13.0. The Morgan fingerprint density at radius 1 is 1.11 bits per heavy atom. The summed E-state index contributed by atoms with van der Waals surface area (Å²) in [6.45, 7) is 1.79. The molecule has 0 aromatic heterocycles. The molecule has 3 N–H and O–H groups in total. The second-order valence-electron chi connectivity index (χ2n) is 6.14. The first-order chi connectivity index (χ1) is 13.4. The first-order valence-electron chi connectivity index (χ1n) is 8.42. The van der Waals surface area contributed by atoms with E-state index in [0.717, 1.165) is 5.56 Å². The van der Waals surface area contributed by atoms with Gasteiger partial charge in [0.1, 0.15) is 0 Å². The average Bonchev–Trinajstić information content (AvgIpc) is 2.68. The normalized spacial score (nSPS) is 16.1. The van der Waals surface area contributed by atoms with Crippen molar-refractivity contribution in [1.29, 1.82) is 0 Å². The maximum Gasteiger partial charge on any atom is 0.337 e. The number of halogens is 1. The van der Waals surface area contributed by atoms with Gasteiger partial charge in [-0.3, -0.25) is 4.79 Å². The highest BCUT2D eigenvalue weighted by Gasteiger charge is 2.30. The predicted molar refractivity (Wildman–Crippen MR) is 112 cm³/mol. The smallest absolute Gasteiger partial charge is 0.337 e. The molecule has 0 saturated carbocycles. The van der Waals surface area contributed by atoms with Crippen LogP contribution in [0.4, 0.5) is 5.69 Å². The van der Waals surface area contributed by atoms with E-state index in [9.17, 15) is 9.59 Å². The van der Waals surface area contributed by atoms with Gasteiger partial charge in [0.2, 0.25) is 0 Å². The van der Waals surface area contributed by atoms with Crippen LogP contribution in [0.5, 0.6) is 0 Å². The average molecular weight is 416 g/mol. The number of nitrogens with one attached hydrogen (secondary N) is 3. The Bertz CT molecular complexity index is 956. The zero-order chi connectivity index (χ0) is 20.3. The van der Waals surface area contributed by atoms with Crippen molar-refractivity contribution in [2.45, 2.75) is 13.0 Å². The van der Waals surface area contributed by atoms with Crippen LogP contribution in [0.3, 0.4) is 0 Å². The molecular weight excluding hydrogens is 398 g/mol. The second-order valence-corrected chi connectivity index (χ2v) is 6.99. The molecular formula is C20H18ClN3O3S. The third-order valence-electron chi connectivity index (χ3n) is 4.28. The summed E-state index contributed by atoms with van der Waals surface area (Å²) in [5.41, 5.74) is 2.99. The lowest BCUT2D eigenvalue weighted by Crippen LogP contribution is -2.45. The molecule has 2 aromatic carbocycles. The molecule has 1 heterocycles. The largest absolute Gasteiger partial charge is 0.465 e. The van der Waals surface area contributed by atoms with Crippen molar-refractivity contribution in [3.8, 4) is 0 Å². The van der Waals surface area contributed by atoms with Gasteiger partial charge in [-0.2, -0.15) is 0 Å². The SMILES string of the molecule is COC(=O)c1ccc(C2NC(=S)NC(C)=C2C(=O)Nc2ccc(Cl)cc2)cc1. The number of rotatable bonds is 4. The van der Waals surface area contributed by atoms with Gasteiger partial charge in [-0.1, -0.05) is 23.7 Å². The minimum Gasteiger partial charge on any atom is -0.465 e. The number of thiocarbonyl (C=S) groups is 1. The fourth-order valence-corrected chi connectivity index (χ4v) is 3.30. The van der Waals surface area contributed by atoms with Crippen molar-refractivity contribution in [2.24, 2.45) is 0 Å². The third-order valence-corrected chi connectivity index (χ3v) is 4.75. The zero-order valence-corrected chi connectivity index (χ0v) is 16.8. The number of esters is 1. The zero-order valence-electron chi connectivity index (χ0n) is 15.2. The van der Waals surface area contributed by atoms with Gasteiger partial charge in [0.25, 0.3) is 5.91 Å². The summed E-state index contributed by atoms with van der Waals surface area (Å²) >= 11 is 11.1. The molecule has 1 aliphatic rings. The molecule has 2 aromatic rings. The lowest BCUT2D eigenvalue weighted by molar-refractivity contribution is -0.113. The van der Waals surface area contributed by atoms with Gasteiger partial charge in [0.15, 0.2) is 5.11 Å². The van der Waals surface area contributed by atoms with Crippen LogP contribution in [0.25, 0.3) is 0 Å². The molecule has 0 radical (unpaired) electrons. The summed E-state index contributed by atoms with van der Waals surface area (Å²) < 4.78 is 4.72. The number of amides is 1. The van der Waals surface area contributed by atoms with Crippen LogP contribution < -0.4 is 16.0 Å². The molecule has 144 valence electrons. The molecule has 0 spiro atoms. The van der Waals surface area contributed by atoms with Crippen molar-refractivity contribution in [3.05, 3.63) is 76.0 Å². The summed E-state index contributed by atoms with van der Waals surface area (Å²) in [6, 6.07) is 13.2. The fraction of sp³-hybridized carbons (Fsp3) is 0.150. The molecule has 0 fully saturated rings. The van der Waals surface area contributed by atoms with E-state index in [4.69, 9.17) is 28.6 Å². The fourth-order valence-electron chi connectivity index (χ4n) is 2.91. The molecule has 1 atom stereocenters. The Kier molecular flexibility index (Phi) is 5.96. The van der Waals surface area contributed by atoms with Gasteiger partial charge >= 0.3 is 5.97 Å². The first kappa shape index (κ1) is 19.9. The molecule has 0 bridgehead atoms. The number of methoxy groups -OCH3 is 1. The Hall–Kier alpha value is -2.90. The number of hydrogen-bond acceptors (Lipinski definition) is 4. The number of carbonyl (C=O) groups is 2. The summed E-state index contributed by atoms with van der Waals surface area (Å²) in [6.07, 6.45) is 0. The van der Waals surface area contributed by atoms with Crippen molar-refractivity contribution in [3.63, 3.8) is 0 Å². The predicted octanol–water partition coefficient (Wildman–Crippen LogP) is 3.56. The molecule has 0 saturated heterocycles. The number of ether oxygens (including phenoxy) is 1. The second kappa shape index (κ2) is 8.41. The highest BCUT2D eigenvalue weighted by molar-refractivity contribution is 7.80. The Morgan fingerprint density at radius 3 is 2.36 bits per heavy atom. The van der Waals surface area contributed by atoms with E-state index in [1.165, 1.54) is 7.11 Å². The summed E-state index contributed by atoms with van der Waals surface area (Å²) in [5, 5.41) is 9.98. The Morgan fingerprint density at radius 2 is 1.75 bits per heavy atom. The minimum absolute atomic E-state index is 0.274. The highest BCUT2D eigenvalue weighted by Crippen LogP contribution is 2.28. The van der Waals surface area contributed by atoms with Crippen LogP contribution >= 0.6 is 23.8 Å². The van der Waals surface area contributed by atoms with Crippen LogP contribution in [0.2, 0.25) is 5.02 Å². The monoisotopic (exact) mass is 415 g/mol. The van der Waals surface area contributed by atoms with E-state index in [-0.39, 0.29) is 5.91 Å². The van der Waals surface area contributed by atoms with E-state index in [2.05, 4.69) is 16.0 Å². The van der Waals surface area contributed by atoms with Crippen LogP contribution in [-0.2, 0) is 9.53 Å². The highest BCUT2D eigenvalue weighted by atomic mass is 35.5. The quantitative estimate of drug-likeness (QED) is 0.523. The van der Waals surface area contributed by atoms with Gasteiger partial charge in [0, 0.05) is 16.4 Å². The van der Waals surface area contributed by atoms with Crippen LogP contribution in [-0.4, -0.2) is 24.1 Å². The summed E-state index contributed by atoms with van der Waals surface area (Å²) in [5.74, 6) is -0.697. The lowest BCUT2D eigenvalue weighted by atomic mass is 9.94. The van der Waals surface area contributed by atoms with Gasteiger partial charge in [0.05, 0.1) is 24.3 Å². The van der Waals surface area contributed by atoms with E-state index < -0.39 is 12.0 Å². The van der Waals surface area contributed by atoms with E-state index in [0.29, 0.717) is 32.7 Å². The van der Waals surface area contributed by atoms with Gasteiger partial charge in [-0.15, -0.1) is 0 Å². The van der Waals surface area contributed by atoms with E-state index in [1.54, 1.807) is 55.5 Å². The Labute approximate surface area is 172 Å². The molecule has 28 heavy (non-hydrogen) atoms. The van der Waals surface area contributed by atoms with Crippen LogP contribution in [0, 0.1) is 0 Å². The summed E-state index contributed by atoms with van der Waals surface area (Å²) in [7, 11) is 1.33. The van der Waals surface area contributed by atoms with Gasteiger partial charge in [-0.05, 0) is 61.1 Å². The standard InChI is InChI=1S/C20H18ClN3O3S/c1-11-16(18(25)23-15-9-7-14(21)8-10-15)17(24-20(28)22-11)12-3-5-13(6-4-12)19(26)27-2/h3-10,17H,1-2H3,(H,23,25)(H2,22,24,28). The maximum atomic E-state index is 13.0. The molecule has 1 amide bonds. The molecule has 0 aliphatic carbocycles. The molecule has 6 nitrogen and oxygen atoms in total. The van der Waals surface area contributed by atoms with E-state index >= 15 is 0 Å².